The van der Waals surface area contributed by atoms with Gasteiger partial charge in [0.1, 0.15) is 17.1 Å². The van der Waals surface area contributed by atoms with Crippen LogP contribution in [0.25, 0.3) is 0 Å². The number of hydrogen-bond donors (Lipinski definition) is 1. The Labute approximate surface area is 170 Å². The predicted octanol–water partition coefficient (Wildman–Crippen LogP) is 5.94. The molecule has 2 aliphatic rings. The van der Waals surface area contributed by atoms with Crippen LogP contribution in [0.4, 0.5) is 0 Å². The highest BCUT2D eigenvalue weighted by atomic mass is 35.5. The zero-order valence-electron chi connectivity index (χ0n) is 15.8. The number of cyclic esters (lactones) is 1. The number of halogens is 2. The summed E-state index contributed by atoms with van der Waals surface area (Å²) in [5, 5.41) is 10.6. The second-order valence-electron chi connectivity index (χ2n) is 7.80. The number of aliphatic hydroxyl groups excluding tert-OH is 1. The molecule has 1 N–H and O–H groups in total. The summed E-state index contributed by atoms with van der Waals surface area (Å²) in [7, 11) is 0. The molecule has 3 rings (SSSR count). The number of aryl methyl sites for hydroxylation is 1. The van der Waals surface area contributed by atoms with Crippen molar-refractivity contribution in [2.45, 2.75) is 70.5 Å². The highest BCUT2D eigenvalue weighted by Crippen LogP contribution is 2.46. The fraction of sp³-hybridized carbons (Fsp3) is 0.571. The first kappa shape index (κ1) is 20.3. The molecular formula is C21H26Cl2O4. The standard InChI is InChI=1S/C21H26Cl2O4/c1-13(2)26-18-8-7-14(11-16(18)22)9-10-21(15-5-3-4-6-15)12-17(24)19(23)20(25)27-21/h7-8,11,13,15,24H,3-6,9-10,12H2,1-2H3. The maximum atomic E-state index is 12.2. The Balaban J connectivity index is 1.78. The minimum absolute atomic E-state index is 0.0557. The summed E-state index contributed by atoms with van der Waals surface area (Å²) >= 11 is 12.2. The minimum atomic E-state index is -0.699. The Morgan fingerprint density at radius 3 is 2.59 bits per heavy atom. The Morgan fingerprint density at radius 2 is 2.00 bits per heavy atom. The minimum Gasteiger partial charge on any atom is -0.510 e. The molecule has 0 amide bonds. The number of esters is 1. The van der Waals surface area contributed by atoms with E-state index in [9.17, 15) is 9.90 Å². The van der Waals surface area contributed by atoms with E-state index in [-0.39, 0.29) is 29.2 Å². The molecule has 1 saturated carbocycles. The molecule has 4 nitrogen and oxygen atoms in total. The Bertz CT molecular complexity index is 738. The van der Waals surface area contributed by atoms with Gasteiger partial charge in [0.25, 0.3) is 0 Å². The number of hydrogen-bond acceptors (Lipinski definition) is 4. The van der Waals surface area contributed by atoms with Gasteiger partial charge < -0.3 is 14.6 Å². The van der Waals surface area contributed by atoms with Crippen LogP contribution in [0.5, 0.6) is 5.75 Å². The van der Waals surface area contributed by atoms with Gasteiger partial charge in [0.05, 0.1) is 11.1 Å². The zero-order valence-corrected chi connectivity index (χ0v) is 17.3. The van der Waals surface area contributed by atoms with Crippen molar-refractivity contribution < 1.29 is 19.4 Å². The van der Waals surface area contributed by atoms with Crippen LogP contribution in [0.3, 0.4) is 0 Å². The summed E-state index contributed by atoms with van der Waals surface area (Å²) in [4.78, 5) is 12.2. The molecule has 148 valence electrons. The Kier molecular flexibility index (Phi) is 6.27. The summed E-state index contributed by atoms with van der Waals surface area (Å²) in [6, 6.07) is 5.76. The van der Waals surface area contributed by atoms with Crippen molar-refractivity contribution in [1.29, 1.82) is 0 Å². The van der Waals surface area contributed by atoms with Crippen LogP contribution >= 0.6 is 23.2 Å². The molecule has 1 atom stereocenters. The fourth-order valence-corrected chi connectivity index (χ4v) is 4.53. The topological polar surface area (TPSA) is 55.8 Å². The highest BCUT2D eigenvalue weighted by molar-refractivity contribution is 6.41. The van der Waals surface area contributed by atoms with Crippen molar-refractivity contribution in [3.05, 3.63) is 39.6 Å². The van der Waals surface area contributed by atoms with E-state index in [2.05, 4.69) is 0 Å². The predicted molar refractivity (Wildman–Crippen MR) is 106 cm³/mol. The van der Waals surface area contributed by atoms with Crippen LogP contribution in [-0.2, 0) is 16.0 Å². The molecule has 0 saturated heterocycles. The number of benzene rings is 1. The highest BCUT2D eigenvalue weighted by Gasteiger charge is 2.47. The third-order valence-corrected chi connectivity index (χ3v) is 6.16. The number of carbonyl (C=O) groups is 1. The third-order valence-electron chi connectivity index (χ3n) is 5.49. The van der Waals surface area contributed by atoms with E-state index in [0.717, 1.165) is 31.2 Å². The Hall–Kier alpha value is -1.39. The van der Waals surface area contributed by atoms with Crippen molar-refractivity contribution in [3.8, 4) is 5.75 Å². The molecule has 1 heterocycles. The summed E-state index contributed by atoms with van der Waals surface area (Å²) in [5.74, 6) is 0.231. The van der Waals surface area contributed by atoms with E-state index >= 15 is 0 Å². The third kappa shape index (κ3) is 4.55. The largest absolute Gasteiger partial charge is 0.510 e. The average Bonchev–Trinajstić information content (AvgIpc) is 3.15. The molecule has 0 radical (unpaired) electrons. The number of ether oxygens (including phenoxy) is 2. The monoisotopic (exact) mass is 412 g/mol. The van der Waals surface area contributed by atoms with Gasteiger partial charge in [-0.15, -0.1) is 0 Å². The normalized spacial score (nSPS) is 23.8. The quantitative estimate of drug-likeness (QED) is 0.586. The van der Waals surface area contributed by atoms with Gasteiger partial charge in [0.15, 0.2) is 5.03 Å². The SMILES string of the molecule is CC(C)Oc1ccc(CCC2(C3CCCC3)CC(O)=C(Cl)C(=O)O2)cc1Cl. The first-order chi connectivity index (χ1) is 12.8. The molecule has 1 aromatic rings. The van der Waals surface area contributed by atoms with Crippen LogP contribution in [0, 0.1) is 5.92 Å². The lowest BCUT2D eigenvalue weighted by molar-refractivity contribution is -0.166. The molecule has 1 aliphatic heterocycles. The van der Waals surface area contributed by atoms with E-state index < -0.39 is 11.6 Å². The molecular weight excluding hydrogens is 387 g/mol. The van der Waals surface area contributed by atoms with Crippen LogP contribution in [-0.4, -0.2) is 22.8 Å². The molecule has 1 aromatic carbocycles. The van der Waals surface area contributed by atoms with E-state index in [1.165, 1.54) is 0 Å². The smallest absolute Gasteiger partial charge is 0.353 e. The second kappa shape index (κ2) is 8.32. The summed E-state index contributed by atoms with van der Waals surface area (Å²) in [6.07, 6.45) is 5.89. The van der Waals surface area contributed by atoms with E-state index in [0.29, 0.717) is 23.6 Å². The van der Waals surface area contributed by atoms with Crippen LogP contribution in [0.2, 0.25) is 5.02 Å². The van der Waals surface area contributed by atoms with Crippen LogP contribution in [0.1, 0.15) is 57.9 Å². The van der Waals surface area contributed by atoms with E-state index in [4.69, 9.17) is 32.7 Å². The molecule has 1 unspecified atom stereocenters. The van der Waals surface area contributed by atoms with Gasteiger partial charge in [0, 0.05) is 6.42 Å². The summed E-state index contributed by atoms with van der Waals surface area (Å²) in [5.41, 5.74) is 0.347. The van der Waals surface area contributed by atoms with Crippen molar-refractivity contribution in [1.82, 2.24) is 0 Å². The maximum absolute atomic E-state index is 12.2. The lowest BCUT2D eigenvalue weighted by Crippen LogP contribution is -2.45. The summed E-state index contributed by atoms with van der Waals surface area (Å²) in [6.45, 7) is 3.91. The molecule has 0 aromatic heterocycles. The van der Waals surface area contributed by atoms with Crippen molar-refractivity contribution in [2.75, 3.05) is 0 Å². The maximum Gasteiger partial charge on any atom is 0.353 e. The van der Waals surface area contributed by atoms with Gasteiger partial charge in [-0.3, -0.25) is 0 Å². The molecule has 1 aliphatic carbocycles. The lowest BCUT2D eigenvalue weighted by atomic mass is 9.77. The van der Waals surface area contributed by atoms with Crippen molar-refractivity contribution in [2.24, 2.45) is 5.92 Å². The number of carbonyl (C=O) groups excluding carboxylic acids is 1. The van der Waals surface area contributed by atoms with Gasteiger partial charge in [0.2, 0.25) is 0 Å². The van der Waals surface area contributed by atoms with Gasteiger partial charge in [-0.2, -0.15) is 0 Å². The molecule has 1 fully saturated rings. The van der Waals surface area contributed by atoms with E-state index in [1.54, 1.807) is 0 Å². The van der Waals surface area contributed by atoms with Gasteiger partial charge in [-0.1, -0.05) is 42.1 Å². The zero-order chi connectivity index (χ0) is 19.6. The second-order valence-corrected chi connectivity index (χ2v) is 8.59. The van der Waals surface area contributed by atoms with E-state index in [1.807, 2.05) is 32.0 Å². The Morgan fingerprint density at radius 1 is 1.30 bits per heavy atom. The number of rotatable bonds is 6. The molecule has 27 heavy (non-hydrogen) atoms. The first-order valence-electron chi connectivity index (χ1n) is 9.57. The van der Waals surface area contributed by atoms with Gasteiger partial charge in [-0.25, -0.2) is 4.79 Å². The fourth-order valence-electron chi connectivity index (χ4n) is 4.17. The lowest BCUT2D eigenvalue weighted by Gasteiger charge is -2.41. The molecule has 0 bridgehead atoms. The van der Waals surface area contributed by atoms with Crippen LogP contribution < -0.4 is 4.74 Å². The van der Waals surface area contributed by atoms with Gasteiger partial charge >= 0.3 is 5.97 Å². The molecule has 0 spiro atoms. The number of aliphatic hydroxyl groups is 1. The van der Waals surface area contributed by atoms with Gasteiger partial charge in [-0.05, 0) is 63.1 Å². The summed E-state index contributed by atoms with van der Waals surface area (Å²) < 4.78 is 11.5. The first-order valence-corrected chi connectivity index (χ1v) is 10.3. The van der Waals surface area contributed by atoms with Crippen LogP contribution in [0.15, 0.2) is 29.0 Å². The van der Waals surface area contributed by atoms with Crippen molar-refractivity contribution in [3.63, 3.8) is 0 Å². The van der Waals surface area contributed by atoms with Crippen molar-refractivity contribution >= 4 is 29.2 Å². The molecule has 6 heteroatoms. The average molecular weight is 413 g/mol.